The van der Waals surface area contributed by atoms with Crippen molar-refractivity contribution in [2.45, 2.75) is 31.9 Å². The maximum Gasteiger partial charge on any atom is 0.185 e. The van der Waals surface area contributed by atoms with Crippen LogP contribution in [0.25, 0.3) is 0 Å². The molecule has 0 bridgehead atoms. The normalized spacial score (nSPS) is 18.1. The van der Waals surface area contributed by atoms with Crippen molar-refractivity contribution in [2.75, 3.05) is 11.9 Å². The van der Waals surface area contributed by atoms with Crippen LogP contribution in [0.1, 0.15) is 35.2 Å². The van der Waals surface area contributed by atoms with E-state index in [1.807, 2.05) is 25.2 Å². The molecule has 0 aromatic carbocycles. The summed E-state index contributed by atoms with van der Waals surface area (Å²) >= 11 is 1.69. The van der Waals surface area contributed by atoms with Gasteiger partial charge in [0.1, 0.15) is 0 Å². The number of thiazole rings is 1. The van der Waals surface area contributed by atoms with E-state index in [4.69, 9.17) is 0 Å². The first-order valence-corrected chi connectivity index (χ1v) is 7.34. The molecule has 2 aromatic rings. The zero-order valence-electron chi connectivity index (χ0n) is 10.9. The van der Waals surface area contributed by atoms with Gasteiger partial charge in [0.15, 0.2) is 5.13 Å². The summed E-state index contributed by atoms with van der Waals surface area (Å²) in [5, 5.41) is 10.9. The van der Waals surface area contributed by atoms with Gasteiger partial charge < -0.3 is 10.0 Å². The summed E-state index contributed by atoms with van der Waals surface area (Å²) in [6, 6.07) is 5.92. The van der Waals surface area contributed by atoms with Crippen LogP contribution in [0.3, 0.4) is 0 Å². The van der Waals surface area contributed by atoms with Gasteiger partial charge in [0.2, 0.25) is 0 Å². The molecular formula is C14H17N3OS. The summed E-state index contributed by atoms with van der Waals surface area (Å²) in [5.41, 5.74) is 1.91. The Morgan fingerprint density at radius 1 is 1.47 bits per heavy atom. The molecule has 4 nitrogen and oxygen atoms in total. The molecule has 0 fully saturated rings. The molecule has 1 unspecified atom stereocenters. The summed E-state index contributed by atoms with van der Waals surface area (Å²) in [5.74, 6) is 0. The van der Waals surface area contributed by atoms with Crippen molar-refractivity contribution >= 4 is 16.5 Å². The minimum Gasteiger partial charge on any atom is -0.387 e. The van der Waals surface area contributed by atoms with E-state index >= 15 is 0 Å². The Hall–Kier alpha value is -1.46. The molecule has 1 N–H and O–H groups in total. The largest absolute Gasteiger partial charge is 0.387 e. The van der Waals surface area contributed by atoms with Crippen LogP contribution in [0.5, 0.6) is 0 Å². The fourth-order valence-corrected chi connectivity index (χ4v) is 3.47. The third kappa shape index (κ3) is 2.62. The van der Waals surface area contributed by atoms with Gasteiger partial charge in [-0.1, -0.05) is 6.07 Å². The lowest BCUT2D eigenvalue weighted by atomic mass is 10.0. The van der Waals surface area contributed by atoms with Gasteiger partial charge in [-0.3, -0.25) is 4.98 Å². The van der Waals surface area contributed by atoms with Gasteiger partial charge in [0.05, 0.1) is 24.0 Å². The molecule has 0 aliphatic heterocycles. The lowest BCUT2D eigenvalue weighted by Gasteiger charge is -2.15. The standard InChI is InChI=1S/C14H17N3OS/c1-17(9-10-5-2-3-8-15-10)14-16-13-11(18)6-4-7-12(13)19-14/h2-3,5,8,11,18H,4,6-7,9H2,1H3. The number of aromatic nitrogens is 2. The van der Waals surface area contributed by atoms with Crippen LogP contribution in [-0.2, 0) is 13.0 Å². The van der Waals surface area contributed by atoms with Gasteiger partial charge in [0.25, 0.3) is 0 Å². The minimum atomic E-state index is -0.378. The fraction of sp³-hybridized carbons (Fsp3) is 0.429. The van der Waals surface area contributed by atoms with Crippen molar-refractivity contribution in [1.82, 2.24) is 9.97 Å². The minimum absolute atomic E-state index is 0.378. The second-order valence-electron chi connectivity index (χ2n) is 4.89. The van der Waals surface area contributed by atoms with Gasteiger partial charge in [-0.25, -0.2) is 4.98 Å². The summed E-state index contributed by atoms with van der Waals surface area (Å²) in [6.07, 6.45) is 4.36. The molecule has 0 saturated heterocycles. The van der Waals surface area contributed by atoms with Crippen molar-refractivity contribution in [3.05, 3.63) is 40.7 Å². The van der Waals surface area contributed by atoms with E-state index < -0.39 is 0 Å². The molecular weight excluding hydrogens is 258 g/mol. The second kappa shape index (κ2) is 5.27. The van der Waals surface area contributed by atoms with Crippen LogP contribution in [0.2, 0.25) is 0 Å². The molecule has 1 atom stereocenters. The first kappa shape index (κ1) is 12.6. The zero-order valence-corrected chi connectivity index (χ0v) is 11.7. The molecule has 1 aliphatic carbocycles. The van der Waals surface area contributed by atoms with Crippen molar-refractivity contribution in [2.24, 2.45) is 0 Å². The quantitative estimate of drug-likeness (QED) is 0.935. The highest BCUT2D eigenvalue weighted by Gasteiger charge is 2.23. The Bertz CT molecular complexity index is 555. The van der Waals surface area contributed by atoms with Crippen LogP contribution in [-0.4, -0.2) is 22.1 Å². The van der Waals surface area contributed by atoms with E-state index in [1.165, 1.54) is 4.88 Å². The number of anilines is 1. The molecule has 19 heavy (non-hydrogen) atoms. The summed E-state index contributed by atoms with van der Waals surface area (Å²) in [7, 11) is 2.02. The predicted molar refractivity (Wildman–Crippen MR) is 76.4 cm³/mol. The lowest BCUT2D eigenvalue weighted by molar-refractivity contribution is 0.153. The van der Waals surface area contributed by atoms with Gasteiger partial charge in [-0.2, -0.15) is 0 Å². The van der Waals surface area contributed by atoms with Crippen molar-refractivity contribution < 1.29 is 5.11 Å². The van der Waals surface area contributed by atoms with Crippen LogP contribution in [0.15, 0.2) is 24.4 Å². The molecule has 3 rings (SSSR count). The number of nitrogens with zero attached hydrogens (tertiary/aromatic N) is 3. The van der Waals surface area contributed by atoms with Gasteiger partial charge in [-0.15, -0.1) is 11.3 Å². The Morgan fingerprint density at radius 3 is 3.11 bits per heavy atom. The third-order valence-corrected chi connectivity index (χ3v) is 4.61. The number of hydrogen-bond donors (Lipinski definition) is 1. The molecule has 5 heteroatoms. The summed E-state index contributed by atoms with van der Waals surface area (Å²) < 4.78 is 0. The van der Waals surface area contributed by atoms with E-state index in [0.29, 0.717) is 0 Å². The van der Waals surface area contributed by atoms with Crippen molar-refractivity contribution in [3.8, 4) is 0 Å². The summed E-state index contributed by atoms with van der Waals surface area (Å²) in [4.78, 5) is 12.3. The van der Waals surface area contributed by atoms with E-state index in [1.54, 1.807) is 17.5 Å². The number of pyridine rings is 1. The molecule has 0 amide bonds. The molecule has 1 aliphatic rings. The van der Waals surface area contributed by atoms with Crippen LogP contribution in [0.4, 0.5) is 5.13 Å². The number of rotatable bonds is 3. The van der Waals surface area contributed by atoms with E-state index in [-0.39, 0.29) is 6.10 Å². The molecule has 100 valence electrons. The van der Waals surface area contributed by atoms with Gasteiger partial charge in [0, 0.05) is 18.1 Å². The lowest BCUT2D eigenvalue weighted by Crippen LogP contribution is -2.17. The van der Waals surface area contributed by atoms with Crippen molar-refractivity contribution in [1.29, 1.82) is 0 Å². The fourth-order valence-electron chi connectivity index (χ4n) is 2.35. The van der Waals surface area contributed by atoms with Crippen LogP contribution in [0, 0.1) is 0 Å². The first-order chi connectivity index (χ1) is 9.24. The number of aryl methyl sites for hydroxylation is 1. The van der Waals surface area contributed by atoms with E-state index in [2.05, 4.69) is 14.9 Å². The third-order valence-electron chi connectivity index (χ3n) is 3.37. The SMILES string of the molecule is CN(Cc1ccccn1)c1nc2c(s1)CCCC2O. The highest BCUT2D eigenvalue weighted by atomic mass is 32.1. The molecule has 0 saturated carbocycles. The van der Waals surface area contributed by atoms with Crippen LogP contribution < -0.4 is 4.90 Å². The predicted octanol–water partition coefficient (Wildman–Crippen LogP) is 2.54. The Labute approximate surface area is 116 Å². The molecule has 2 aromatic heterocycles. The van der Waals surface area contributed by atoms with Gasteiger partial charge in [-0.05, 0) is 31.4 Å². The number of aliphatic hydroxyl groups is 1. The van der Waals surface area contributed by atoms with Gasteiger partial charge >= 0.3 is 0 Å². The smallest absolute Gasteiger partial charge is 0.185 e. The monoisotopic (exact) mass is 275 g/mol. The topological polar surface area (TPSA) is 49.2 Å². The molecule has 0 radical (unpaired) electrons. The highest BCUT2D eigenvalue weighted by molar-refractivity contribution is 7.15. The average molecular weight is 275 g/mol. The number of hydrogen-bond acceptors (Lipinski definition) is 5. The molecule has 0 spiro atoms. The van der Waals surface area contributed by atoms with Crippen molar-refractivity contribution in [3.63, 3.8) is 0 Å². The summed E-state index contributed by atoms with van der Waals surface area (Å²) in [6.45, 7) is 0.739. The molecule has 2 heterocycles. The maximum atomic E-state index is 9.96. The zero-order chi connectivity index (χ0) is 13.2. The average Bonchev–Trinajstić information content (AvgIpc) is 2.85. The Kier molecular flexibility index (Phi) is 3.48. The highest BCUT2D eigenvalue weighted by Crippen LogP contribution is 2.36. The van der Waals surface area contributed by atoms with Crippen LogP contribution >= 0.6 is 11.3 Å². The number of aliphatic hydroxyl groups excluding tert-OH is 1. The first-order valence-electron chi connectivity index (χ1n) is 6.53. The number of fused-ring (bicyclic) bond motifs is 1. The van der Waals surface area contributed by atoms with E-state index in [0.717, 1.165) is 42.3 Å². The second-order valence-corrected chi connectivity index (χ2v) is 5.95. The Morgan fingerprint density at radius 2 is 2.37 bits per heavy atom. The maximum absolute atomic E-state index is 9.96. The van der Waals surface area contributed by atoms with E-state index in [9.17, 15) is 5.11 Å². The Balaban J connectivity index is 1.79.